The molecule has 1 heterocycles. The van der Waals surface area contributed by atoms with Crippen molar-refractivity contribution in [1.82, 2.24) is 0 Å². The van der Waals surface area contributed by atoms with Crippen LogP contribution in [0.1, 0.15) is 53.5 Å². The summed E-state index contributed by atoms with van der Waals surface area (Å²) in [5, 5.41) is 0. The van der Waals surface area contributed by atoms with Crippen molar-refractivity contribution in [2.24, 2.45) is 0 Å². The molecule has 0 amide bonds. The van der Waals surface area contributed by atoms with Gasteiger partial charge in [-0.05, 0) is 90.8 Å². The van der Waals surface area contributed by atoms with Gasteiger partial charge in [0, 0.05) is 24.2 Å². The molecule has 0 radical (unpaired) electrons. The molecule has 0 fully saturated rings. The minimum atomic E-state index is -0.225. The molecule has 6 nitrogen and oxygen atoms in total. The lowest BCUT2D eigenvalue weighted by Crippen LogP contribution is -2.09. The molecule has 5 rings (SSSR count). The molecular weight excluding hydrogens is 480 g/mol. The smallest absolute Gasteiger partial charge is 0.306 e. The van der Waals surface area contributed by atoms with Gasteiger partial charge in [0.1, 0.15) is 30.5 Å². The number of methoxy groups -OCH3 is 1. The van der Waals surface area contributed by atoms with E-state index < -0.39 is 0 Å². The lowest BCUT2D eigenvalue weighted by Gasteiger charge is -2.17. The van der Waals surface area contributed by atoms with Crippen LogP contribution >= 0.6 is 0 Å². The number of rotatable bonds is 10. The second-order valence-electron chi connectivity index (χ2n) is 9.94. The van der Waals surface area contributed by atoms with E-state index in [0.29, 0.717) is 39.5 Å². The SMILES string of the molecule is CCOCCOc1cc(C)c2c(c1)CCCc1ccc(COc3ccc4c(c3)OC[C@H]4CC(=O)OC)cc1-2. The summed E-state index contributed by atoms with van der Waals surface area (Å²) in [6.07, 6.45) is 3.52. The highest BCUT2D eigenvalue weighted by atomic mass is 16.5. The molecule has 38 heavy (non-hydrogen) atoms. The molecule has 0 N–H and O–H groups in total. The van der Waals surface area contributed by atoms with Crippen molar-refractivity contribution in [3.63, 3.8) is 0 Å². The summed E-state index contributed by atoms with van der Waals surface area (Å²) in [4.78, 5) is 11.7. The summed E-state index contributed by atoms with van der Waals surface area (Å²) in [6, 6.07) is 16.9. The number of carbonyl (C=O) groups is 1. The molecule has 0 unspecified atom stereocenters. The van der Waals surface area contributed by atoms with Gasteiger partial charge in [0.05, 0.1) is 26.7 Å². The van der Waals surface area contributed by atoms with E-state index in [4.69, 9.17) is 23.7 Å². The average Bonchev–Trinajstić information content (AvgIpc) is 3.21. The standard InChI is InChI=1S/C32H36O6/c1-4-35-12-13-36-27-14-21(2)32-24(16-27)7-5-6-23-9-8-22(15-29(23)32)19-37-26-10-11-28-25(17-31(33)34-3)20-38-30(28)18-26/h8-11,14-16,18,25H,4-7,12-13,17,19-20H2,1-3H3/t25-/m1/s1. The molecule has 200 valence electrons. The molecule has 2 aliphatic rings. The van der Waals surface area contributed by atoms with E-state index in [1.807, 2.05) is 25.1 Å². The predicted octanol–water partition coefficient (Wildman–Crippen LogP) is 6.18. The zero-order valence-electron chi connectivity index (χ0n) is 22.5. The largest absolute Gasteiger partial charge is 0.492 e. The van der Waals surface area contributed by atoms with Gasteiger partial charge < -0.3 is 23.7 Å². The Balaban J connectivity index is 1.31. The molecule has 0 bridgehead atoms. The topological polar surface area (TPSA) is 63.2 Å². The van der Waals surface area contributed by atoms with Gasteiger partial charge in [-0.3, -0.25) is 4.79 Å². The van der Waals surface area contributed by atoms with Crippen LogP contribution in [-0.4, -0.2) is 39.5 Å². The average molecular weight is 517 g/mol. The number of hydrogen-bond acceptors (Lipinski definition) is 6. The maximum Gasteiger partial charge on any atom is 0.306 e. The molecule has 3 aromatic rings. The van der Waals surface area contributed by atoms with Gasteiger partial charge in [-0.15, -0.1) is 0 Å². The zero-order valence-corrected chi connectivity index (χ0v) is 22.5. The molecule has 1 aliphatic heterocycles. The molecule has 1 aliphatic carbocycles. The quantitative estimate of drug-likeness (QED) is 0.237. The van der Waals surface area contributed by atoms with Crippen molar-refractivity contribution in [2.75, 3.05) is 33.5 Å². The van der Waals surface area contributed by atoms with E-state index in [0.717, 1.165) is 47.6 Å². The van der Waals surface area contributed by atoms with E-state index in [2.05, 4.69) is 37.3 Å². The van der Waals surface area contributed by atoms with Gasteiger partial charge in [0.2, 0.25) is 0 Å². The number of hydrogen-bond donors (Lipinski definition) is 0. The van der Waals surface area contributed by atoms with Gasteiger partial charge in [0.25, 0.3) is 0 Å². The van der Waals surface area contributed by atoms with E-state index >= 15 is 0 Å². The Morgan fingerprint density at radius 1 is 0.974 bits per heavy atom. The minimum Gasteiger partial charge on any atom is -0.492 e. The van der Waals surface area contributed by atoms with Crippen LogP contribution in [0.25, 0.3) is 11.1 Å². The molecule has 0 saturated carbocycles. The van der Waals surface area contributed by atoms with E-state index in [1.54, 1.807) is 0 Å². The Morgan fingerprint density at radius 2 is 1.84 bits per heavy atom. The third kappa shape index (κ3) is 5.81. The van der Waals surface area contributed by atoms with Crippen LogP contribution in [0.5, 0.6) is 17.2 Å². The van der Waals surface area contributed by atoms with Crippen molar-refractivity contribution in [3.8, 4) is 28.4 Å². The molecule has 0 aromatic heterocycles. The monoisotopic (exact) mass is 516 g/mol. The maximum atomic E-state index is 11.7. The first-order chi connectivity index (χ1) is 18.6. The molecule has 6 heteroatoms. The third-order valence-corrected chi connectivity index (χ3v) is 7.34. The predicted molar refractivity (Wildman–Crippen MR) is 146 cm³/mol. The normalized spacial score (nSPS) is 15.5. The Hall–Kier alpha value is -3.51. The zero-order chi connectivity index (χ0) is 26.5. The molecule has 3 aromatic carbocycles. The number of aryl methyl sites for hydroxylation is 3. The number of benzene rings is 3. The number of fused-ring (bicyclic) bond motifs is 4. The van der Waals surface area contributed by atoms with E-state index in [9.17, 15) is 4.79 Å². The van der Waals surface area contributed by atoms with Crippen LogP contribution < -0.4 is 14.2 Å². The van der Waals surface area contributed by atoms with E-state index in [1.165, 1.54) is 34.9 Å². The molecule has 0 spiro atoms. The fraction of sp³-hybridized carbons (Fsp3) is 0.406. The van der Waals surface area contributed by atoms with Crippen molar-refractivity contribution in [2.45, 2.75) is 52.1 Å². The van der Waals surface area contributed by atoms with Crippen LogP contribution in [0.2, 0.25) is 0 Å². The van der Waals surface area contributed by atoms with Gasteiger partial charge >= 0.3 is 5.97 Å². The van der Waals surface area contributed by atoms with Gasteiger partial charge in [-0.25, -0.2) is 0 Å². The fourth-order valence-corrected chi connectivity index (χ4v) is 5.45. The number of esters is 1. The first-order valence-electron chi connectivity index (χ1n) is 13.5. The summed E-state index contributed by atoms with van der Waals surface area (Å²) in [7, 11) is 1.41. The number of carbonyl (C=O) groups excluding carboxylic acids is 1. The van der Waals surface area contributed by atoms with Crippen molar-refractivity contribution in [1.29, 1.82) is 0 Å². The summed E-state index contributed by atoms with van der Waals surface area (Å²) >= 11 is 0. The first-order valence-corrected chi connectivity index (χ1v) is 13.5. The summed E-state index contributed by atoms with van der Waals surface area (Å²) in [5.74, 6) is 2.24. The molecule has 0 saturated heterocycles. The summed E-state index contributed by atoms with van der Waals surface area (Å²) in [6.45, 7) is 6.97. The first kappa shape index (κ1) is 26.1. The van der Waals surface area contributed by atoms with Crippen LogP contribution in [-0.2, 0) is 33.7 Å². The summed E-state index contributed by atoms with van der Waals surface area (Å²) in [5.41, 5.74) is 8.71. The fourth-order valence-electron chi connectivity index (χ4n) is 5.45. The Morgan fingerprint density at radius 3 is 2.68 bits per heavy atom. The Bertz CT molecular complexity index is 1300. The second-order valence-corrected chi connectivity index (χ2v) is 9.94. The van der Waals surface area contributed by atoms with Crippen LogP contribution in [0.15, 0.2) is 48.5 Å². The van der Waals surface area contributed by atoms with Crippen LogP contribution in [0.4, 0.5) is 0 Å². The maximum absolute atomic E-state index is 11.7. The molecule has 1 atom stereocenters. The second kappa shape index (κ2) is 11.9. The minimum absolute atomic E-state index is 0.0231. The van der Waals surface area contributed by atoms with Crippen LogP contribution in [0.3, 0.4) is 0 Å². The highest BCUT2D eigenvalue weighted by molar-refractivity contribution is 5.76. The van der Waals surface area contributed by atoms with Crippen molar-refractivity contribution >= 4 is 5.97 Å². The summed E-state index contributed by atoms with van der Waals surface area (Å²) < 4.78 is 28.2. The number of ether oxygens (including phenoxy) is 5. The lowest BCUT2D eigenvalue weighted by molar-refractivity contribution is -0.141. The highest BCUT2D eigenvalue weighted by Crippen LogP contribution is 2.40. The van der Waals surface area contributed by atoms with Crippen molar-refractivity contribution < 1.29 is 28.5 Å². The molecular formula is C32H36O6. The highest BCUT2D eigenvalue weighted by Gasteiger charge is 2.27. The lowest BCUT2D eigenvalue weighted by atomic mass is 9.91. The van der Waals surface area contributed by atoms with Crippen LogP contribution in [0, 0.1) is 6.92 Å². The van der Waals surface area contributed by atoms with Gasteiger partial charge in [0.15, 0.2) is 0 Å². The van der Waals surface area contributed by atoms with Gasteiger partial charge in [-0.2, -0.15) is 0 Å². The van der Waals surface area contributed by atoms with Crippen molar-refractivity contribution in [3.05, 3.63) is 76.3 Å². The van der Waals surface area contributed by atoms with E-state index in [-0.39, 0.29) is 11.9 Å². The van der Waals surface area contributed by atoms with Gasteiger partial charge in [-0.1, -0.05) is 18.2 Å². The third-order valence-electron chi connectivity index (χ3n) is 7.34. The Kier molecular flexibility index (Phi) is 8.18. The Labute approximate surface area is 224 Å².